The number of ether oxygens (including phenoxy) is 2. The van der Waals surface area contributed by atoms with Crippen molar-refractivity contribution in [2.45, 2.75) is 25.3 Å². The van der Waals surface area contributed by atoms with Crippen LogP contribution in [-0.4, -0.2) is 34.2 Å². The standard InChI is InChI=1S/C31H30ClN3O5S/c1-22-9-14-27(15-10-22)41(37,38)35(26-13-11-23(2)28(32)18-26)20-31(36)34-33-19-25-12-16-29(30(17-25)39-3)40-21-24-7-5-4-6-8-24/h4-19H,20-21H2,1-3H3,(H,34,36)/b33-19-. The van der Waals surface area contributed by atoms with Crippen LogP contribution in [-0.2, 0) is 21.4 Å². The third-order valence-corrected chi connectivity index (χ3v) is 8.36. The number of nitrogens with one attached hydrogen (secondary N) is 1. The molecule has 41 heavy (non-hydrogen) atoms. The summed E-state index contributed by atoms with van der Waals surface area (Å²) in [6.45, 7) is 3.54. The van der Waals surface area contributed by atoms with Crippen LogP contribution in [0.5, 0.6) is 11.5 Å². The van der Waals surface area contributed by atoms with E-state index in [9.17, 15) is 13.2 Å². The van der Waals surface area contributed by atoms with E-state index in [1.807, 2.05) is 44.2 Å². The summed E-state index contributed by atoms with van der Waals surface area (Å²) in [7, 11) is -2.55. The summed E-state index contributed by atoms with van der Waals surface area (Å²) in [6.07, 6.45) is 1.43. The van der Waals surface area contributed by atoms with E-state index < -0.39 is 22.5 Å². The Morgan fingerprint density at radius 1 is 0.951 bits per heavy atom. The molecule has 4 rings (SSSR count). The van der Waals surface area contributed by atoms with Gasteiger partial charge in [-0.3, -0.25) is 9.10 Å². The van der Waals surface area contributed by atoms with E-state index in [-0.39, 0.29) is 10.6 Å². The Labute approximate surface area is 245 Å². The molecule has 212 valence electrons. The number of anilines is 1. The fourth-order valence-electron chi connectivity index (χ4n) is 3.85. The molecule has 0 fully saturated rings. The molecular formula is C31H30ClN3O5S. The molecule has 10 heteroatoms. The molecule has 1 N–H and O–H groups in total. The highest BCUT2D eigenvalue weighted by Crippen LogP contribution is 2.29. The smallest absolute Gasteiger partial charge is 0.264 e. The predicted octanol–water partition coefficient (Wildman–Crippen LogP) is 5.89. The molecule has 0 aliphatic heterocycles. The van der Waals surface area contributed by atoms with E-state index in [0.717, 1.165) is 21.0 Å². The Morgan fingerprint density at radius 2 is 1.68 bits per heavy atom. The fraction of sp³-hybridized carbons (Fsp3) is 0.161. The summed E-state index contributed by atoms with van der Waals surface area (Å²) in [5, 5.41) is 4.40. The summed E-state index contributed by atoms with van der Waals surface area (Å²) in [5.74, 6) is 0.428. The zero-order valence-electron chi connectivity index (χ0n) is 22.9. The number of amides is 1. The molecule has 8 nitrogen and oxygen atoms in total. The molecule has 0 heterocycles. The van der Waals surface area contributed by atoms with Crippen LogP contribution >= 0.6 is 11.6 Å². The number of halogens is 1. The molecule has 0 radical (unpaired) electrons. The van der Waals surface area contributed by atoms with E-state index in [2.05, 4.69) is 10.5 Å². The van der Waals surface area contributed by atoms with Gasteiger partial charge < -0.3 is 9.47 Å². The summed E-state index contributed by atoms with van der Waals surface area (Å²) in [4.78, 5) is 12.9. The van der Waals surface area contributed by atoms with Gasteiger partial charge in [0, 0.05) is 5.02 Å². The molecule has 0 spiro atoms. The van der Waals surface area contributed by atoms with E-state index >= 15 is 0 Å². The van der Waals surface area contributed by atoms with Crippen molar-refractivity contribution < 1.29 is 22.7 Å². The Kier molecular flexibility index (Phi) is 9.65. The van der Waals surface area contributed by atoms with Crippen molar-refractivity contribution in [2.24, 2.45) is 5.10 Å². The molecule has 1 amide bonds. The summed E-state index contributed by atoms with van der Waals surface area (Å²) >= 11 is 6.28. The maximum Gasteiger partial charge on any atom is 0.264 e. The van der Waals surface area contributed by atoms with Crippen LogP contribution in [0, 0.1) is 13.8 Å². The number of nitrogens with zero attached hydrogens (tertiary/aromatic N) is 2. The Morgan fingerprint density at radius 3 is 2.37 bits per heavy atom. The van der Waals surface area contributed by atoms with E-state index in [1.54, 1.807) is 42.5 Å². The number of carbonyl (C=O) groups is 1. The second-order valence-corrected chi connectivity index (χ2v) is 11.5. The van der Waals surface area contributed by atoms with Crippen molar-refractivity contribution in [3.05, 3.63) is 118 Å². The maximum absolute atomic E-state index is 13.6. The fourth-order valence-corrected chi connectivity index (χ4v) is 5.44. The number of aryl methyl sites for hydroxylation is 2. The van der Waals surface area contributed by atoms with Gasteiger partial charge in [0.15, 0.2) is 11.5 Å². The minimum Gasteiger partial charge on any atom is -0.493 e. The lowest BCUT2D eigenvalue weighted by Gasteiger charge is -2.24. The minimum absolute atomic E-state index is 0.0535. The first-order chi connectivity index (χ1) is 19.7. The highest BCUT2D eigenvalue weighted by molar-refractivity contribution is 7.92. The average Bonchev–Trinajstić information content (AvgIpc) is 2.97. The van der Waals surface area contributed by atoms with Crippen LogP contribution in [0.3, 0.4) is 0 Å². The SMILES string of the molecule is COc1cc(/C=N\NC(=O)CN(c2ccc(C)c(Cl)c2)S(=O)(=O)c2ccc(C)cc2)ccc1OCc1ccccc1. The van der Waals surface area contributed by atoms with Crippen molar-refractivity contribution in [3.8, 4) is 11.5 Å². The maximum atomic E-state index is 13.6. The van der Waals surface area contributed by atoms with E-state index in [1.165, 1.54) is 31.5 Å². The van der Waals surface area contributed by atoms with Crippen LogP contribution in [0.25, 0.3) is 0 Å². The number of rotatable bonds is 11. The zero-order chi connectivity index (χ0) is 29.4. The lowest BCUT2D eigenvalue weighted by molar-refractivity contribution is -0.119. The van der Waals surface area contributed by atoms with Crippen molar-refractivity contribution in [3.63, 3.8) is 0 Å². The first-order valence-electron chi connectivity index (χ1n) is 12.7. The molecule has 0 aromatic heterocycles. The minimum atomic E-state index is -4.08. The summed E-state index contributed by atoms with van der Waals surface area (Å²) < 4.78 is 39.4. The van der Waals surface area contributed by atoms with Crippen LogP contribution in [0.4, 0.5) is 5.69 Å². The zero-order valence-corrected chi connectivity index (χ0v) is 24.4. The number of methoxy groups -OCH3 is 1. The number of hydrogen-bond acceptors (Lipinski definition) is 6. The second kappa shape index (κ2) is 13.3. The van der Waals surface area contributed by atoms with Gasteiger partial charge in [-0.15, -0.1) is 0 Å². The monoisotopic (exact) mass is 591 g/mol. The lowest BCUT2D eigenvalue weighted by atomic mass is 10.2. The Hall–Kier alpha value is -4.34. The number of hydrogen-bond donors (Lipinski definition) is 1. The van der Waals surface area contributed by atoms with Crippen LogP contribution in [0.1, 0.15) is 22.3 Å². The second-order valence-electron chi connectivity index (χ2n) is 9.24. The molecule has 4 aromatic carbocycles. The largest absolute Gasteiger partial charge is 0.493 e. The van der Waals surface area contributed by atoms with Crippen LogP contribution < -0.4 is 19.2 Å². The van der Waals surface area contributed by atoms with Gasteiger partial charge in [-0.1, -0.05) is 65.7 Å². The normalized spacial score (nSPS) is 11.3. The van der Waals surface area contributed by atoms with Gasteiger partial charge in [0.05, 0.1) is 23.9 Å². The molecule has 0 unspecified atom stereocenters. The predicted molar refractivity (Wildman–Crippen MR) is 161 cm³/mol. The van der Waals surface area contributed by atoms with Crippen molar-refractivity contribution in [2.75, 3.05) is 18.0 Å². The Bertz CT molecular complexity index is 1640. The molecule has 4 aromatic rings. The summed E-state index contributed by atoms with van der Waals surface area (Å²) in [5.41, 5.74) is 6.03. The first kappa shape index (κ1) is 29.6. The van der Waals surface area contributed by atoms with Gasteiger partial charge in [-0.25, -0.2) is 13.8 Å². The topological polar surface area (TPSA) is 97.3 Å². The number of hydrazone groups is 1. The van der Waals surface area contributed by atoms with Crippen molar-refractivity contribution >= 4 is 39.4 Å². The molecule has 0 aliphatic carbocycles. The van der Waals surface area contributed by atoms with Gasteiger partial charge in [0.1, 0.15) is 13.2 Å². The van der Waals surface area contributed by atoms with Crippen molar-refractivity contribution in [1.29, 1.82) is 0 Å². The van der Waals surface area contributed by atoms with Gasteiger partial charge in [0.2, 0.25) is 0 Å². The van der Waals surface area contributed by atoms with E-state index in [0.29, 0.717) is 28.7 Å². The average molecular weight is 592 g/mol. The first-order valence-corrected chi connectivity index (χ1v) is 14.5. The molecular weight excluding hydrogens is 562 g/mol. The van der Waals surface area contributed by atoms with E-state index in [4.69, 9.17) is 21.1 Å². The summed E-state index contributed by atoms with van der Waals surface area (Å²) in [6, 6.07) is 26.2. The van der Waals surface area contributed by atoms with Gasteiger partial charge in [-0.2, -0.15) is 5.10 Å². The lowest BCUT2D eigenvalue weighted by Crippen LogP contribution is -2.39. The number of benzene rings is 4. The molecule has 0 saturated carbocycles. The molecule has 0 atom stereocenters. The molecule has 0 saturated heterocycles. The van der Waals surface area contributed by atoms with Crippen LogP contribution in [0.15, 0.2) is 101 Å². The van der Waals surface area contributed by atoms with Gasteiger partial charge >= 0.3 is 0 Å². The van der Waals surface area contributed by atoms with Gasteiger partial charge in [0.25, 0.3) is 15.9 Å². The van der Waals surface area contributed by atoms with Crippen LogP contribution in [0.2, 0.25) is 5.02 Å². The van der Waals surface area contributed by atoms with Gasteiger partial charge in [-0.05, 0) is 73.0 Å². The van der Waals surface area contributed by atoms with Crippen molar-refractivity contribution in [1.82, 2.24) is 5.43 Å². The quantitative estimate of drug-likeness (QED) is 0.173. The third-order valence-electron chi connectivity index (χ3n) is 6.17. The number of sulfonamides is 1. The third kappa shape index (κ3) is 7.65. The highest BCUT2D eigenvalue weighted by Gasteiger charge is 2.27. The number of carbonyl (C=O) groups excluding carboxylic acids is 1. The Balaban J connectivity index is 1.48. The highest BCUT2D eigenvalue weighted by atomic mass is 35.5. The molecule has 0 aliphatic rings. The molecule has 0 bridgehead atoms.